The summed E-state index contributed by atoms with van der Waals surface area (Å²) >= 11 is 0. The summed E-state index contributed by atoms with van der Waals surface area (Å²) < 4.78 is 10.3. The van der Waals surface area contributed by atoms with E-state index in [1.54, 1.807) is 0 Å². The van der Waals surface area contributed by atoms with E-state index in [2.05, 4.69) is 0 Å². The van der Waals surface area contributed by atoms with E-state index in [1.807, 2.05) is 35.4 Å². The highest BCUT2D eigenvalue weighted by Crippen LogP contribution is 2.07. The summed E-state index contributed by atoms with van der Waals surface area (Å²) in [6.07, 6.45) is 2.37. The number of benzene rings is 1. The average Bonchev–Trinajstić information content (AvgIpc) is 2.99. The van der Waals surface area contributed by atoms with Gasteiger partial charge >= 0.3 is 5.97 Å². The van der Waals surface area contributed by atoms with E-state index in [0.717, 1.165) is 18.7 Å². The molecule has 2 rings (SSSR count). The number of hydrogen-bond acceptors (Lipinski definition) is 5. The lowest BCUT2D eigenvalue weighted by Gasteiger charge is -2.14. The van der Waals surface area contributed by atoms with Crippen LogP contribution in [0.25, 0.3) is 0 Å². The van der Waals surface area contributed by atoms with Gasteiger partial charge in [0, 0.05) is 13.1 Å². The van der Waals surface area contributed by atoms with Gasteiger partial charge in [0.2, 0.25) is 0 Å². The zero-order chi connectivity index (χ0) is 14.0. The average molecular weight is 279 g/mol. The van der Waals surface area contributed by atoms with Gasteiger partial charge in [-0.1, -0.05) is 30.3 Å². The highest BCUT2D eigenvalue weighted by Gasteiger charge is 2.11. The number of ether oxygens (including phenoxy) is 2. The summed E-state index contributed by atoms with van der Waals surface area (Å²) in [5, 5.41) is 1.94. The van der Waals surface area contributed by atoms with Crippen LogP contribution in [0, 0.1) is 0 Å². The second-order valence-corrected chi connectivity index (χ2v) is 4.67. The van der Waals surface area contributed by atoms with Crippen molar-refractivity contribution < 1.29 is 19.1 Å². The third-order valence-corrected chi connectivity index (χ3v) is 3.03. The minimum absolute atomic E-state index is 0.0316. The van der Waals surface area contributed by atoms with Gasteiger partial charge in [-0.05, 0) is 18.4 Å². The maximum Gasteiger partial charge on any atom is 0.332 e. The first-order valence-corrected chi connectivity index (χ1v) is 7.00. The molecule has 0 aliphatic carbocycles. The van der Waals surface area contributed by atoms with Crippen molar-refractivity contribution >= 4 is 5.97 Å². The summed E-state index contributed by atoms with van der Waals surface area (Å²) in [7, 11) is 0. The van der Waals surface area contributed by atoms with Gasteiger partial charge in [-0.15, -0.1) is 0 Å². The molecule has 5 nitrogen and oxygen atoms in total. The van der Waals surface area contributed by atoms with Gasteiger partial charge in [-0.2, -0.15) is 5.06 Å². The second kappa shape index (κ2) is 8.68. The fourth-order valence-corrected chi connectivity index (χ4v) is 1.98. The number of nitrogens with zero attached hydrogens (tertiary/aromatic N) is 1. The Bertz CT molecular complexity index is 390. The largest absolute Gasteiger partial charge is 0.459 e. The zero-order valence-corrected chi connectivity index (χ0v) is 11.6. The van der Waals surface area contributed by atoms with E-state index in [9.17, 15) is 4.79 Å². The van der Waals surface area contributed by atoms with Crippen LogP contribution in [0.15, 0.2) is 30.3 Å². The van der Waals surface area contributed by atoms with Crippen LogP contribution in [0.4, 0.5) is 0 Å². The van der Waals surface area contributed by atoms with Crippen molar-refractivity contribution in [3.05, 3.63) is 35.9 Å². The van der Waals surface area contributed by atoms with Crippen molar-refractivity contribution in [1.82, 2.24) is 5.06 Å². The van der Waals surface area contributed by atoms with Gasteiger partial charge in [0.05, 0.1) is 13.2 Å². The Morgan fingerprint density at radius 1 is 1.10 bits per heavy atom. The van der Waals surface area contributed by atoms with Crippen LogP contribution in [0.1, 0.15) is 18.4 Å². The summed E-state index contributed by atoms with van der Waals surface area (Å²) in [4.78, 5) is 16.9. The van der Waals surface area contributed by atoms with Crippen molar-refractivity contribution in [1.29, 1.82) is 0 Å². The lowest BCUT2D eigenvalue weighted by molar-refractivity contribution is -0.163. The molecule has 20 heavy (non-hydrogen) atoms. The Labute approximate surface area is 119 Å². The fourth-order valence-electron chi connectivity index (χ4n) is 1.98. The van der Waals surface area contributed by atoms with Gasteiger partial charge in [0.1, 0.15) is 13.2 Å². The Morgan fingerprint density at radius 3 is 2.60 bits per heavy atom. The normalized spacial score (nSPS) is 15.4. The molecular weight excluding hydrogens is 258 g/mol. The highest BCUT2D eigenvalue weighted by atomic mass is 16.7. The molecule has 1 fully saturated rings. The lowest BCUT2D eigenvalue weighted by atomic mass is 10.2. The molecule has 0 aromatic heterocycles. The fraction of sp³-hybridized carbons (Fsp3) is 0.533. The van der Waals surface area contributed by atoms with Crippen molar-refractivity contribution in [2.45, 2.75) is 19.4 Å². The first-order valence-electron chi connectivity index (χ1n) is 7.00. The smallest absolute Gasteiger partial charge is 0.332 e. The van der Waals surface area contributed by atoms with E-state index in [0.29, 0.717) is 13.2 Å². The first kappa shape index (κ1) is 15.0. The minimum Gasteiger partial charge on any atom is -0.459 e. The van der Waals surface area contributed by atoms with Crippen LogP contribution in [0.5, 0.6) is 0 Å². The SMILES string of the molecule is O=C(COCCON1CCCC1)OCc1ccccc1. The Morgan fingerprint density at radius 2 is 1.85 bits per heavy atom. The first-order chi connectivity index (χ1) is 9.84. The summed E-state index contributed by atoms with van der Waals surface area (Å²) in [5.74, 6) is -0.352. The summed E-state index contributed by atoms with van der Waals surface area (Å²) in [6, 6.07) is 9.58. The molecule has 1 aliphatic rings. The monoisotopic (exact) mass is 279 g/mol. The van der Waals surface area contributed by atoms with Crippen LogP contribution >= 0.6 is 0 Å². The van der Waals surface area contributed by atoms with Gasteiger partial charge in [0.25, 0.3) is 0 Å². The van der Waals surface area contributed by atoms with Crippen molar-refractivity contribution in [2.75, 3.05) is 32.9 Å². The van der Waals surface area contributed by atoms with E-state index < -0.39 is 0 Å². The Kier molecular flexibility index (Phi) is 6.50. The standard InChI is InChI=1S/C15H21NO4/c17-15(19-12-14-6-2-1-3-7-14)13-18-10-11-20-16-8-4-5-9-16/h1-3,6-7H,4-5,8-13H2. The molecule has 0 N–H and O–H groups in total. The number of esters is 1. The molecule has 0 bridgehead atoms. The molecule has 1 aromatic carbocycles. The third kappa shape index (κ3) is 5.69. The van der Waals surface area contributed by atoms with Crippen LogP contribution in [0.2, 0.25) is 0 Å². The highest BCUT2D eigenvalue weighted by molar-refractivity contribution is 5.70. The Hall–Kier alpha value is -1.43. The summed E-state index contributed by atoms with van der Waals surface area (Å²) in [5.41, 5.74) is 0.971. The minimum atomic E-state index is -0.352. The van der Waals surface area contributed by atoms with Crippen molar-refractivity contribution in [3.8, 4) is 0 Å². The maximum absolute atomic E-state index is 11.4. The van der Waals surface area contributed by atoms with Crippen LogP contribution < -0.4 is 0 Å². The molecule has 0 saturated carbocycles. The molecule has 1 saturated heterocycles. The van der Waals surface area contributed by atoms with Crippen LogP contribution in [-0.2, 0) is 25.7 Å². The predicted molar refractivity (Wildman–Crippen MR) is 73.8 cm³/mol. The molecule has 0 radical (unpaired) electrons. The van der Waals surface area contributed by atoms with E-state index in [1.165, 1.54) is 12.8 Å². The quantitative estimate of drug-likeness (QED) is 0.536. The molecule has 1 aliphatic heterocycles. The lowest BCUT2D eigenvalue weighted by Crippen LogP contribution is -2.23. The van der Waals surface area contributed by atoms with Gasteiger partial charge < -0.3 is 9.47 Å². The molecule has 110 valence electrons. The second-order valence-electron chi connectivity index (χ2n) is 4.67. The van der Waals surface area contributed by atoms with Gasteiger partial charge in [-0.25, -0.2) is 4.79 Å². The molecule has 0 unspecified atom stereocenters. The van der Waals surface area contributed by atoms with Crippen molar-refractivity contribution in [3.63, 3.8) is 0 Å². The molecule has 1 aromatic rings. The topological polar surface area (TPSA) is 48.0 Å². The number of hydrogen-bond donors (Lipinski definition) is 0. The van der Waals surface area contributed by atoms with Crippen LogP contribution in [0.3, 0.4) is 0 Å². The summed E-state index contributed by atoms with van der Waals surface area (Å²) in [6.45, 7) is 3.10. The molecule has 1 heterocycles. The van der Waals surface area contributed by atoms with Crippen molar-refractivity contribution in [2.24, 2.45) is 0 Å². The number of carbonyl (C=O) groups is 1. The zero-order valence-electron chi connectivity index (χ0n) is 11.6. The third-order valence-electron chi connectivity index (χ3n) is 3.03. The van der Waals surface area contributed by atoms with Crippen LogP contribution in [-0.4, -0.2) is 43.9 Å². The number of carbonyl (C=O) groups excluding carboxylic acids is 1. The molecular formula is C15H21NO4. The maximum atomic E-state index is 11.4. The molecule has 5 heteroatoms. The molecule has 0 amide bonds. The predicted octanol–water partition coefficient (Wildman–Crippen LogP) is 1.77. The Balaban J connectivity index is 1.47. The van der Waals surface area contributed by atoms with E-state index in [4.69, 9.17) is 14.3 Å². The number of hydroxylamine groups is 2. The van der Waals surface area contributed by atoms with Gasteiger partial charge in [0.15, 0.2) is 0 Å². The van der Waals surface area contributed by atoms with Gasteiger partial charge in [-0.3, -0.25) is 4.84 Å². The van der Waals surface area contributed by atoms with E-state index >= 15 is 0 Å². The van der Waals surface area contributed by atoms with E-state index in [-0.39, 0.29) is 19.2 Å². The molecule has 0 spiro atoms. The molecule has 0 atom stereocenters. The number of rotatable bonds is 8.